The number of nitrogens with one attached hydrogen (secondary N) is 2. The molecule has 0 fully saturated rings. The molecule has 0 bridgehead atoms. The summed E-state index contributed by atoms with van der Waals surface area (Å²) < 4.78 is 0. The first-order valence-corrected chi connectivity index (χ1v) is 7.37. The third kappa shape index (κ3) is 4.30. The minimum atomic E-state index is -0.447. The van der Waals surface area contributed by atoms with Gasteiger partial charge in [-0.05, 0) is 31.5 Å². The van der Waals surface area contributed by atoms with E-state index in [9.17, 15) is 9.59 Å². The number of halogens is 1. The Bertz CT molecular complexity index is 719. The molecule has 8 heteroatoms. The van der Waals surface area contributed by atoms with Crippen LogP contribution >= 0.6 is 23.4 Å². The molecule has 2 rings (SSSR count). The fourth-order valence-electron chi connectivity index (χ4n) is 1.48. The molecule has 0 radical (unpaired) electrons. The van der Waals surface area contributed by atoms with Crippen molar-refractivity contribution in [3.63, 3.8) is 0 Å². The van der Waals surface area contributed by atoms with E-state index in [1.807, 2.05) is 13.0 Å². The number of benzene rings is 1. The molecule has 0 spiro atoms. The first-order valence-electron chi connectivity index (χ1n) is 6.11. The Balaban J connectivity index is 2.02. The summed E-state index contributed by atoms with van der Waals surface area (Å²) in [5.74, 6) is -0.216. The molecule has 1 aromatic heterocycles. The summed E-state index contributed by atoms with van der Waals surface area (Å²) in [6.45, 7) is 3.60. The first-order chi connectivity index (χ1) is 9.95. The minimum absolute atomic E-state index is 0.216. The fourth-order valence-corrected chi connectivity index (χ4v) is 2.42. The first kappa shape index (κ1) is 15.5. The van der Waals surface area contributed by atoms with Gasteiger partial charge in [-0.2, -0.15) is 5.10 Å². The number of thioether (sulfide) groups is 1. The highest BCUT2D eigenvalue weighted by Crippen LogP contribution is 2.22. The molecule has 21 heavy (non-hydrogen) atoms. The Hall–Kier alpha value is -1.86. The van der Waals surface area contributed by atoms with Crippen LogP contribution in [0.2, 0.25) is 5.02 Å². The van der Waals surface area contributed by atoms with Crippen molar-refractivity contribution in [2.45, 2.75) is 24.3 Å². The van der Waals surface area contributed by atoms with Crippen LogP contribution in [0.1, 0.15) is 12.5 Å². The van der Waals surface area contributed by atoms with Crippen LogP contribution in [-0.4, -0.2) is 26.3 Å². The summed E-state index contributed by atoms with van der Waals surface area (Å²) in [5, 5.41) is 10.5. The summed E-state index contributed by atoms with van der Waals surface area (Å²) in [7, 11) is 0. The Labute approximate surface area is 130 Å². The summed E-state index contributed by atoms with van der Waals surface area (Å²) in [6, 6.07) is 5.30. The molecule has 0 saturated heterocycles. The van der Waals surface area contributed by atoms with Gasteiger partial charge in [-0.15, -0.1) is 5.10 Å². The van der Waals surface area contributed by atoms with Gasteiger partial charge in [-0.1, -0.05) is 29.4 Å². The zero-order valence-corrected chi connectivity index (χ0v) is 13.0. The third-order valence-corrected chi connectivity index (χ3v) is 4.03. The van der Waals surface area contributed by atoms with E-state index < -0.39 is 5.25 Å². The molecule has 1 atom stereocenters. The molecular weight excluding hydrogens is 312 g/mol. The third-order valence-electron chi connectivity index (χ3n) is 2.65. The molecule has 0 aliphatic heterocycles. The molecule has 1 amide bonds. The number of carbonyl (C=O) groups is 1. The normalized spacial score (nSPS) is 12.0. The highest BCUT2D eigenvalue weighted by Gasteiger charge is 2.16. The maximum absolute atomic E-state index is 12.1. The summed E-state index contributed by atoms with van der Waals surface area (Å²) >= 11 is 7.13. The smallest absolute Gasteiger partial charge is 0.270 e. The van der Waals surface area contributed by atoms with Crippen LogP contribution in [0.3, 0.4) is 0 Å². The zero-order chi connectivity index (χ0) is 15.4. The number of aromatic nitrogens is 3. The second-order valence-electron chi connectivity index (χ2n) is 4.35. The maximum Gasteiger partial charge on any atom is 0.270 e. The molecule has 1 aromatic carbocycles. The van der Waals surface area contributed by atoms with Gasteiger partial charge in [0.25, 0.3) is 5.56 Å². The van der Waals surface area contributed by atoms with Gasteiger partial charge in [-0.25, -0.2) is 0 Å². The molecule has 110 valence electrons. The van der Waals surface area contributed by atoms with Crippen molar-refractivity contribution in [3.8, 4) is 0 Å². The van der Waals surface area contributed by atoms with Crippen LogP contribution in [0.25, 0.3) is 0 Å². The molecule has 2 N–H and O–H groups in total. The van der Waals surface area contributed by atoms with Gasteiger partial charge in [0.15, 0.2) is 5.16 Å². The van der Waals surface area contributed by atoms with Crippen LogP contribution in [0, 0.1) is 6.92 Å². The van der Waals surface area contributed by atoms with Crippen molar-refractivity contribution in [3.05, 3.63) is 45.3 Å². The van der Waals surface area contributed by atoms with Crippen molar-refractivity contribution < 1.29 is 4.79 Å². The second-order valence-corrected chi connectivity index (χ2v) is 6.09. The van der Waals surface area contributed by atoms with Crippen LogP contribution < -0.4 is 10.9 Å². The SMILES string of the molecule is Cc1ccc(NC(=O)[C@@H](C)Sc2nncc(=O)[nH]2)cc1Cl. The molecule has 0 unspecified atom stereocenters. The van der Waals surface area contributed by atoms with Crippen LogP contribution in [0.4, 0.5) is 5.69 Å². The van der Waals surface area contributed by atoms with Gasteiger partial charge >= 0.3 is 0 Å². The lowest BCUT2D eigenvalue weighted by molar-refractivity contribution is -0.115. The van der Waals surface area contributed by atoms with Gasteiger partial charge in [0, 0.05) is 10.7 Å². The van der Waals surface area contributed by atoms with Gasteiger partial charge in [-0.3, -0.25) is 14.6 Å². The number of H-pyrrole nitrogens is 1. The lowest BCUT2D eigenvalue weighted by Crippen LogP contribution is -2.23. The average molecular weight is 325 g/mol. The number of aromatic amines is 1. The quantitative estimate of drug-likeness (QED) is 0.842. The lowest BCUT2D eigenvalue weighted by Gasteiger charge is -2.11. The Morgan fingerprint density at radius 3 is 2.90 bits per heavy atom. The zero-order valence-electron chi connectivity index (χ0n) is 11.4. The maximum atomic E-state index is 12.1. The predicted octanol–water partition coefficient (Wildman–Crippen LogP) is 2.25. The molecular formula is C13H13ClN4O2S. The van der Waals surface area contributed by atoms with E-state index in [1.54, 1.807) is 19.1 Å². The van der Waals surface area contributed by atoms with Gasteiger partial charge < -0.3 is 5.32 Å². The van der Waals surface area contributed by atoms with Gasteiger partial charge in [0.2, 0.25) is 5.91 Å². The monoisotopic (exact) mass is 324 g/mol. The number of anilines is 1. The average Bonchev–Trinajstić information content (AvgIpc) is 2.43. The van der Waals surface area contributed by atoms with E-state index in [0.717, 1.165) is 23.5 Å². The van der Waals surface area contributed by atoms with Crippen molar-refractivity contribution in [1.82, 2.24) is 15.2 Å². The highest BCUT2D eigenvalue weighted by atomic mass is 35.5. The fraction of sp³-hybridized carbons (Fsp3) is 0.231. The molecule has 0 saturated carbocycles. The van der Waals surface area contributed by atoms with Crippen molar-refractivity contribution in [2.24, 2.45) is 0 Å². The van der Waals surface area contributed by atoms with Crippen LogP contribution in [0.5, 0.6) is 0 Å². The Morgan fingerprint density at radius 2 is 2.24 bits per heavy atom. The van der Waals surface area contributed by atoms with E-state index in [4.69, 9.17) is 11.6 Å². The number of aryl methyl sites for hydroxylation is 1. The topological polar surface area (TPSA) is 87.7 Å². The standard InChI is InChI=1S/C13H13ClN4O2S/c1-7-3-4-9(5-10(7)14)16-12(20)8(2)21-13-17-11(19)6-15-18-13/h3-6,8H,1-2H3,(H,16,20)(H,17,18,19)/t8-/m1/s1. The number of hydrogen-bond donors (Lipinski definition) is 2. The Morgan fingerprint density at radius 1 is 1.48 bits per heavy atom. The largest absolute Gasteiger partial charge is 0.325 e. The predicted molar refractivity (Wildman–Crippen MR) is 82.8 cm³/mol. The number of hydrogen-bond acceptors (Lipinski definition) is 5. The minimum Gasteiger partial charge on any atom is -0.325 e. The summed E-state index contributed by atoms with van der Waals surface area (Å²) in [6.07, 6.45) is 1.07. The van der Waals surface area contributed by atoms with E-state index in [-0.39, 0.29) is 11.5 Å². The van der Waals surface area contributed by atoms with Crippen molar-refractivity contribution in [1.29, 1.82) is 0 Å². The van der Waals surface area contributed by atoms with Crippen LogP contribution in [0.15, 0.2) is 34.3 Å². The second kappa shape index (κ2) is 6.73. The number of rotatable bonds is 4. The van der Waals surface area contributed by atoms with Gasteiger partial charge in [0.1, 0.15) is 6.20 Å². The van der Waals surface area contributed by atoms with E-state index in [0.29, 0.717) is 15.9 Å². The molecule has 6 nitrogen and oxygen atoms in total. The van der Waals surface area contributed by atoms with Crippen LogP contribution in [-0.2, 0) is 4.79 Å². The number of amides is 1. The van der Waals surface area contributed by atoms with E-state index in [1.165, 1.54) is 0 Å². The van der Waals surface area contributed by atoms with Gasteiger partial charge in [0.05, 0.1) is 5.25 Å². The summed E-state index contributed by atoms with van der Waals surface area (Å²) in [4.78, 5) is 25.7. The summed E-state index contributed by atoms with van der Waals surface area (Å²) in [5.41, 5.74) is 1.20. The molecule has 2 aromatic rings. The Kier molecular flexibility index (Phi) is 4.98. The molecule has 1 heterocycles. The van der Waals surface area contributed by atoms with E-state index in [2.05, 4.69) is 20.5 Å². The highest BCUT2D eigenvalue weighted by molar-refractivity contribution is 8.00. The number of nitrogens with zero attached hydrogens (tertiary/aromatic N) is 2. The molecule has 0 aliphatic carbocycles. The lowest BCUT2D eigenvalue weighted by atomic mass is 10.2. The van der Waals surface area contributed by atoms with Crippen molar-refractivity contribution >= 4 is 35.0 Å². The molecule has 0 aliphatic rings. The van der Waals surface area contributed by atoms with E-state index >= 15 is 0 Å². The number of carbonyl (C=O) groups excluding carboxylic acids is 1. The van der Waals surface area contributed by atoms with Crippen molar-refractivity contribution in [2.75, 3.05) is 5.32 Å².